The summed E-state index contributed by atoms with van der Waals surface area (Å²) in [5.41, 5.74) is 2.39. The molecule has 1 aromatic heterocycles. The highest BCUT2D eigenvalue weighted by molar-refractivity contribution is 9.10. The van der Waals surface area contributed by atoms with Gasteiger partial charge in [-0.25, -0.2) is 5.43 Å². The Morgan fingerprint density at radius 1 is 1.31 bits per heavy atom. The predicted octanol–water partition coefficient (Wildman–Crippen LogP) is 2.61. The van der Waals surface area contributed by atoms with Crippen molar-refractivity contribution >= 4 is 39.6 Å². The Balaban J connectivity index is 1.68. The summed E-state index contributed by atoms with van der Waals surface area (Å²) >= 11 is 3.15. The minimum absolute atomic E-state index is 0.154. The van der Waals surface area contributed by atoms with Crippen molar-refractivity contribution in [2.75, 3.05) is 6.54 Å². The standard InChI is InChI=1S/C16H15BrN4O5/c17-14-7-6-13(26-14)10-19-20-15(22)5-2-8-18-16(23)11-3-1-4-12(9-11)21(24)25/h1,3-4,6-7,9-10H,2,5,8H2,(H,18,23)(H,20,22)/b19-10-. The van der Waals surface area contributed by atoms with E-state index in [9.17, 15) is 19.7 Å². The van der Waals surface area contributed by atoms with Crippen LogP contribution in [0.4, 0.5) is 5.69 Å². The molecule has 2 N–H and O–H groups in total. The highest BCUT2D eigenvalue weighted by Crippen LogP contribution is 2.13. The number of furan rings is 1. The number of nitro benzene ring substituents is 1. The molecule has 2 aromatic rings. The van der Waals surface area contributed by atoms with E-state index in [1.54, 1.807) is 12.1 Å². The highest BCUT2D eigenvalue weighted by atomic mass is 79.9. The molecule has 1 heterocycles. The van der Waals surface area contributed by atoms with Gasteiger partial charge in [0.1, 0.15) is 5.76 Å². The molecule has 9 nitrogen and oxygen atoms in total. The summed E-state index contributed by atoms with van der Waals surface area (Å²) in [7, 11) is 0. The number of halogens is 1. The number of benzene rings is 1. The maximum Gasteiger partial charge on any atom is 0.270 e. The number of carbonyl (C=O) groups excluding carboxylic acids is 2. The first kappa shape index (κ1) is 19.3. The number of hydrogen-bond donors (Lipinski definition) is 2. The van der Waals surface area contributed by atoms with Gasteiger partial charge in [-0.3, -0.25) is 19.7 Å². The Morgan fingerprint density at radius 3 is 2.81 bits per heavy atom. The van der Waals surface area contributed by atoms with Gasteiger partial charge in [0.15, 0.2) is 4.67 Å². The van der Waals surface area contributed by atoms with Crippen LogP contribution in [0.2, 0.25) is 0 Å². The normalized spacial score (nSPS) is 10.7. The van der Waals surface area contributed by atoms with E-state index in [0.29, 0.717) is 16.9 Å². The van der Waals surface area contributed by atoms with Crippen molar-refractivity contribution < 1.29 is 18.9 Å². The van der Waals surface area contributed by atoms with Crippen LogP contribution in [0.15, 0.2) is 50.6 Å². The van der Waals surface area contributed by atoms with E-state index in [0.717, 1.165) is 0 Å². The first-order valence-corrected chi connectivity index (χ1v) is 8.35. The lowest BCUT2D eigenvalue weighted by Crippen LogP contribution is -2.26. The lowest BCUT2D eigenvalue weighted by molar-refractivity contribution is -0.384. The van der Waals surface area contributed by atoms with Gasteiger partial charge in [-0.2, -0.15) is 5.10 Å². The van der Waals surface area contributed by atoms with E-state index in [4.69, 9.17) is 4.42 Å². The summed E-state index contributed by atoms with van der Waals surface area (Å²) in [5.74, 6) is -0.256. The van der Waals surface area contributed by atoms with E-state index in [1.807, 2.05) is 0 Å². The second-order valence-electron chi connectivity index (χ2n) is 5.10. The quantitative estimate of drug-likeness (QED) is 0.292. The Bertz CT molecular complexity index is 834. The molecule has 0 unspecified atom stereocenters. The Morgan fingerprint density at radius 2 is 2.12 bits per heavy atom. The third-order valence-corrected chi connectivity index (χ3v) is 3.59. The minimum Gasteiger partial charge on any atom is -0.448 e. The average Bonchev–Trinajstić information content (AvgIpc) is 3.04. The molecule has 2 rings (SSSR count). The van der Waals surface area contributed by atoms with Crippen LogP contribution < -0.4 is 10.7 Å². The molecule has 0 spiro atoms. The third-order valence-electron chi connectivity index (χ3n) is 3.16. The molecule has 0 aliphatic rings. The number of rotatable bonds is 8. The summed E-state index contributed by atoms with van der Waals surface area (Å²) in [6, 6.07) is 8.82. The van der Waals surface area contributed by atoms with Gasteiger partial charge in [0.05, 0.1) is 11.1 Å². The van der Waals surface area contributed by atoms with Crippen LogP contribution in [-0.4, -0.2) is 29.5 Å². The van der Waals surface area contributed by atoms with Crippen molar-refractivity contribution in [1.82, 2.24) is 10.7 Å². The smallest absolute Gasteiger partial charge is 0.270 e. The lowest BCUT2D eigenvalue weighted by Gasteiger charge is -2.05. The topological polar surface area (TPSA) is 127 Å². The summed E-state index contributed by atoms with van der Waals surface area (Å²) in [4.78, 5) is 33.7. The van der Waals surface area contributed by atoms with Crippen LogP contribution in [0.1, 0.15) is 29.0 Å². The average molecular weight is 423 g/mol. The molecule has 1 aromatic carbocycles. The van der Waals surface area contributed by atoms with Gasteiger partial charge in [0.2, 0.25) is 5.91 Å². The minimum atomic E-state index is -0.566. The molecule has 0 saturated carbocycles. The van der Waals surface area contributed by atoms with Crippen LogP contribution in [0.3, 0.4) is 0 Å². The summed E-state index contributed by atoms with van der Waals surface area (Å²) in [6.45, 7) is 0.254. The second kappa shape index (κ2) is 9.47. The van der Waals surface area contributed by atoms with Gasteiger partial charge in [-0.15, -0.1) is 0 Å². The number of non-ortho nitro benzene ring substituents is 1. The molecular weight excluding hydrogens is 408 g/mol. The van der Waals surface area contributed by atoms with Crippen molar-refractivity contribution in [1.29, 1.82) is 0 Å². The van der Waals surface area contributed by atoms with E-state index in [-0.39, 0.29) is 30.1 Å². The zero-order valence-corrected chi connectivity index (χ0v) is 15.1. The van der Waals surface area contributed by atoms with E-state index in [1.165, 1.54) is 30.5 Å². The van der Waals surface area contributed by atoms with Crippen molar-refractivity contribution in [2.24, 2.45) is 5.10 Å². The largest absolute Gasteiger partial charge is 0.448 e. The van der Waals surface area contributed by atoms with Gasteiger partial charge in [-0.1, -0.05) is 6.07 Å². The molecule has 0 radical (unpaired) electrons. The van der Waals surface area contributed by atoms with Crippen LogP contribution in [0, 0.1) is 10.1 Å². The van der Waals surface area contributed by atoms with Crippen molar-refractivity contribution in [3.05, 3.63) is 62.5 Å². The van der Waals surface area contributed by atoms with E-state index >= 15 is 0 Å². The zero-order chi connectivity index (χ0) is 18.9. The Kier molecular flexibility index (Phi) is 7.03. The highest BCUT2D eigenvalue weighted by Gasteiger charge is 2.11. The molecule has 26 heavy (non-hydrogen) atoms. The molecule has 0 aliphatic heterocycles. The van der Waals surface area contributed by atoms with Crippen LogP contribution in [0.5, 0.6) is 0 Å². The van der Waals surface area contributed by atoms with Crippen LogP contribution in [0.25, 0.3) is 0 Å². The molecule has 0 fully saturated rings. The van der Waals surface area contributed by atoms with Gasteiger partial charge in [0.25, 0.3) is 11.6 Å². The fourth-order valence-corrected chi connectivity index (χ4v) is 2.25. The predicted molar refractivity (Wildman–Crippen MR) is 96.8 cm³/mol. The fraction of sp³-hybridized carbons (Fsp3) is 0.188. The van der Waals surface area contributed by atoms with Gasteiger partial charge in [-0.05, 0) is 40.5 Å². The summed E-state index contributed by atoms with van der Waals surface area (Å²) in [5, 5.41) is 17.1. The molecule has 0 atom stereocenters. The van der Waals surface area contributed by atoms with Crippen molar-refractivity contribution in [3.8, 4) is 0 Å². The molecule has 2 amide bonds. The number of nitrogens with zero attached hydrogens (tertiary/aromatic N) is 2. The molecule has 0 aliphatic carbocycles. The number of nitrogens with one attached hydrogen (secondary N) is 2. The van der Waals surface area contributed by atoms with Crippen molar-refractivity contribution in [3.63, 3.8) is 0 Å². The van der Waals surface area contributed by atoms with E-state index in [2.05, 4.69) is 31.8 Å². The van der Waals surface area contributed by atoms with Gasteiger partial charge in [0, 0.05) is 30.7 Å². The van der Waals surface area contributed by atoms with Crippen LogP contribution >= 0.6 is 15.9 Å². The Labute approximate surface area is 156 Å². The SMILES string of the molecule is O=C(CCCNC(=O)c1cccc([N+](=O)[O-])c1)N/N=C\c1ccc(Br)o1. The fourth-order valence-electron chi connectivity index (χ4n) is 1.94. The molecule has 10 heteroatoms. The lowest BCUT2D eigenvalue weighted by atomic mass is 10.2. The molecule has 0 bridgehead atoms. The Hall–Kier alpha value is -3.01. The van der Waals surface area contributed by atoms with Crippen molar-refractivity contribution in [2.45, 2.75) is 12.8 Å². The second-order valence-corrected chi connectivity index (χ2v) is 5.88. The molecule has 136 valence electrons. The first-order valence-electron chi connectivity index (χ1n) is 7.55. The molecule has 0 saturated heterocycles. The number of amides is 2. The summed E-state index contributed by atoms with van der Waals surface area (Å²) in [6.07, 6.45) is 1.93. The number of nitro groups is 1. The van der Waals surface area contributed by atoms with Gasteiger partial charge >= 0.3 is 0 Å². The van der Waals surface area contributed by atoms with Gasteiger partial charge < -0.3 is 9.73 Å². The number of carbonyl (C=O) groups is 2. The third kappa shape index (κ3) is 6.13. The number of hydrazone groups is 1. The number of hydrogen-bond acceptors (Lipinski definition) is 6. The first-order chi connectivity index (χ1) is 12.5. The molecular formula is C16H15BrN4O5. The monoisotopic (exact) mass is 422 g/mol. The zero-order valence-electron chi connectivity index (χ0n) is 13.5. The maximum atomic E-state index is 11.9. The summed E-state index contributed by atoms with van der Waals surface area (Å²) < 4.78 is 5.74. The van der Waals surface area contributed by atoms with E-state index < -0.39 is 10.8 Å². The maximum absolute atomic E-state index is 11.9. The van der Waals surface area contributed by atoms with Crippen LogP contribution in [-0.2, 0) is 4.79 Å².